The second-order valence-corrected chi connectivity index (χ2v) is 2.64. The Hall–Kier alpha value is -1.82. The number of anilines is 1. The van der Waals surface area contributed by atoms with Crippen LogP contribution in [-0.4, -0.2) is 5.91 Å². The van der Waals surface area contributed by atoms with Gasteiger partial charge >= 0.3 is 0 Å². The molecule has 0 spiro atoms. The number of amides is 1. The van der Waals surface area contributed by atoms with Gasteiger partial charge in [-0.05, 0) is 11.6 Å². The molecule has 0 fully saturated rings. The molecule has 0 atom stereocenters. The normalized spacial score (nSPS) is 13.4. The summed E-state index contributed by atoms with van der Waals surface area (Å²) in [7, 11) is 0. The number of fused-ring (bicyclic) bond motifs is 1. The van der Waals surface area contributed by atoms with E-state index in [0.717, 1.165) is 11.3 Å². The molecule has 0 radical (unpaired) electrons. The summed E-state index contributed by atoms with van der Waals surface area (Å²) in [5.74, 6) is -0.0268. The molecule has 1 N–H and O–H groups in total. The average molecular weight is 158 g/mol. The van der Waals surface area contributed by atoms with Crippen LogP contribution in [0.3, 0.4) is 0 Å². The van der Waals surface area contributed by atoms with E-state index in [1.54, 1.807) is 12.1 Å². The lowest BCUT2D eigenvalue weighted by molar-refractivity contribution is -0.115. The van der Waals surface area contributed by atoms with Gasteiger partial charge in [-0.15, -0.1) is 0 Å². The summed E-state index contributed by atoms with van der Waals surface area (Å²) in [6, 6.07) is 5.32. The minimum atomic E-state index is -0.0268. The lowest BCUT2D eigenvalue weighted by Crippen LogP contribution is -2.03. The third-order valence-electron chi connectivity index (χ3n) is 1.88. The maximum Gasteiger partial charge on any atom is 0.227 e. The second kappa shape index (κ2) is 2.35. The van der Waals surface area contributed by atoms with Crippen molar-refractivity contribution in [3.63, 3.8) is 0 Å². The minimum absolute atomic E-state index is 0.0268. The van der Waals surface area contributed by atoms with Crippen molar-refractivity contribution in [2.75, 3.05) is 5.32 Å². The van der Waals surface area contributed by atoms with Gasteiger partial charge in [-0.3, -0.25) is 4.79 Å². The van der Waals surface area contributed by atoms with E-state index in [1.165, 1.54) is 0 Å². The van der Waals surface area contributed by atoms with Gasteiger partial charge < -0.3 is 5.32 Å². The molecule has 0 saturated heterocycles. The highest BCUT2D eigenvalue weighted by atomic mass is 16.1. The molecule has 3 nitrogen and oxygen atoms in total. The lowest BCUT2D eigenvalue weighted by atomic mass is 10.1. The van der Waals surface area contributed by atoms with Gasteiger partial charge in [0.1, 0.15) is 0 Å². The third kappa shape index (κ3) is 0.857. The van der Waals surface area contributed by atoms with E-state index in [-0.39, 0.29) is 5.91 Å². The first-order valence-electron chi connectivity index (χ1n) is 3.60. The van der Waals surface area contributed by atoms with Crippen LogP contribution < -0.4 is 5.32 Å². The van der Waals surface area contributed by atoms with Crippen molar-refractivity contribution in [3.8, 4) is 0 Å². The molecule has 1 amide bonds. The smallest absolute Gasteiger partial charge is 0.227 e. The quantitative estimate of drug-likeness (QED) is 0.573. The number of carbonyl (C=O) groups excluding carboxylic acids is 1. The SMILES string of the molecule is [C-]#[N+]c1cccc2c1CC(=O)N2. The first kappa shape index (κ1) is 6.86. The Kier molecular flexibility index (Phi) is 1.34. The fourth-order valence-corrected chi connectivity index (χ4v) is 1.34. The monoisotopic (exact) mass is 158 g/mol. The van der Waals surface area contributed by atoms with Crippen molar-refractivity contribution >= 4 is 17.3 Å². The second-order valence-electron chi connectivity index (χ2n) is 2.64. The number of hydrogen-bond donors (Lipinski definition) is 1. The molecule has 0 aliphatic carbocycles. The molecule has 0 saturated carbocycles. The minimum Gasteiger partial charge on any atom is -0.327 e. The van der Waals surface area contributed by atoms with Gasteiger partial charge in [0, 0.05) is 12.1 Å². The predicted octanol–water partition coefficient (Wildman–Crippen LogP) is 1.73. The van der Waals surface area contributed by atoms with Crippen molar-refractivity contribution in [3.05, 3.63) is 35.2 Å². The molecule has 12 heavy (non-hydrogen) atoms. The largest absolute Gasteiger partial charge is 0.327 e. The zero-order valence-corrected chi connectivity index (χ0v) is 6.29. The zero-order valence-electron chi connectivity index (χ0n) is 6.29. The van der Waals surface area contributed by atoms with Crippen LogP contribution >= 0.6 is 0 Å². The maximum atomic E-state index is 11.0. The van der Waals surface area contributed by atoms with Crippen LogP contribution in [-0.2, 0) is 11.2 Å². The predicted molar refractivity (Wildman–Crippen MR) is 45.0 cm³/mol. The molecular weight excluding hydrogens is 152 g/mol. The molecule has 1 heterocycles. The van der Waals surface area contributed by atoms with Gasteiger partial charge in [0.25, 0.3) is 0 Å². The third-order valence-corrected chi connectivity index (χ3v) is 1.88. The molecule has 0 aromatic heterocycles. The van der Waals surface area contributed by atoms with Gasteiger partial charge in [-0.2, -0.15) is 0 Å². The lowest BCUT2D eigenvalue weighted by Gasteiger charge is -1.97. The molecule has 2 rings (SSSR count). The van der Waals surface area contributed by atoms with Crippen molar-refractivity contribution in [2.45, 2.75) is 6.42 Å². The number of nitrogens with zero attached hydrogens (tertiary/aromatic N) is 1. The fourth-order valence-electron chi connectivity index (χ4n) is 1.34. The molecule has 1 aliphatic rings. The summed E-state index contributed by atoms with van der Waals surface area (Å²) in [4.78, 5) is 14.3. The number of rotatable bonds is 0. The van der Waals surface area contributed by atoms with Gasteiger partial charge in [0.2, 0.25) is 5.91 Å². The van der Waals surface area contributed by atoms with Crippen LogP contribution in [0.25, 0.3) is 4.85 Å². The standard InChI is InChI=1S/C9H6N2O/c1-10-7-3-2-4-8-6(7)5-9(12)11-8/h2-4H,5H2,(H,11,12). The van der Waals surface area contributed by atoms with E-state index in [2.05, 4.69) is 10.2 Å². The molecule has 1 aromatic carbocycles. The molecule has 3 heteroatoms. The van der Waals surface area contributed by atoms with Crippen molar-refractivity contribution in [2.24, 2.45) is 0 Å². The Morgan fingerprint density at radius 1 is 1.50 bits per heavy atom. The van der Waals surface area contributed by atoms with E-state index in [1.807, 2.05) is 6.07 Å². The van der Waals surface area contributed by atoms with E-state index in [4.69, 9.17) is 6.57 Å². The van der Waals surface area contributed by atoms with Crippen LogP contribution in [0.4, 0.5) is 11.4 Å². The van der Waals surface area contributed by atoms with E-state index in [9.17, 15) is 4.79 Å². The first-order chi connectivity index (χ1) is 5.81. The van der Waals surface area contributed by atoms with Gasteiger partial charge in [0.05, 0.1) is 6.57 Å². The topological polar surface area (TPSA) is 33.5 Å². The van der Waals surface area contributed by atoms with Crippen molar-refractivity contribution in [1.29, 1.82) is 0 Å². The van der Waals surface area contributed by atoms with E-state index < -0.39 is 0 Å². The van der Waals surface area contributed by atoms with Crippen LogP contribution in [0.1, 0.15) is 5.56 Å². The average Bonchev–Trinajstić information content (AvgIpc) is 2.44. The summed E-state index contributed by atoms with van der Waals surface area (Å²) in [6.45, 7) is 6.86. The number of nitrogens with one attached hydrogen (secondary N) is 1. The summed E-state index contributed by atoms with van der Waals surface area (Å²) in [5.41, 5.74) is 2.19. The van der Waals surface area contributed by atoms with Crippen LogP contribution in [0.15, 0.2) is 18.2 Å². The molecule has 58 valence electrons. The van der Waals surface area contributed by atoms with Crippen molar-refractivity contribution in [1.82, 2.24) is 0 Å². The van der Waals surface area contributed by atoms with E-state index >= 15 is 0 Å². The molecule has 1 aromatic rings. The number of hydrogen-bond acceptors (Lipinski definition) is 1. The molecule has 0 bridgehead atoms. The summed E-state index contributed by atoms with van der Waals surface area (Å²) in [5, 5.41) is 2.69. The maximum absolute atomic E-state index is 11.0. The fraction of sp³-hybridized carbons (Fsp3) is 0.111. The highest BCUT2D eigenvalue weighted by Gasteiger charge is 2.19. The van der Waals surface area contributed by atoms with Crippen LogP contribution in [0, 0.1) is 6.57 Å². The van der Waals surface area contributed by atoms with E-state index in [0.29, 0.717) is 12.1 Å². The Labute approximate surface area is 69.8 Å². The van der Waals surface area contributed by atoms with Crippen LogP contribution in [0.2, 0.25) is 0 Å². The van der Waals surface area contributed by atoms with Crippen molar-refractivity contribution < 1.29 is 4.79 Å². The Morgan fingerprint density at radius 3 is 3.08 bits per heavy atom. The van der Waals surface area contributed by atoms with Gasteiger partial charge in [0.15, 0.2) is 5.69 Å². The highest BCUT2D eigenvalue weighted by molar-refractivity contribution is 6.01. The highest BCUT2D eigenvalue weighted by Crippen LogP contribution is 2.31. The molecule has 1 aliphatic heterocycles. The summed E-state index contributed by atoms with van der Waals surface area (Å²) < 4.78 is 0. The Morgan fingerprint density at radius 2 is 2.33 bits per heavy atom. The van der Waals surface area contributed by atoms with Gasteiger partial charge in [-0.25, -0.2) is 4.85 Å². The van der Waals surface area contributed by atoms with Crippen LogP contribution in [0.5, 0.6) is 0 Å². The summed E-state index contributed by atoms with van der Waals surface area (Å²) in [6.07, 6.45) is 0.341. The Balaban J connectivity index is 2.60. The first-order valence-corrected chi connectivity index (χ1v) is 3.60. The molecular formula is C9H6N2O. The Bertz CT molecular complexity index is 390. The number of carbonyl (C=O) groups is 1. The zero-order chi connectivity index (χ0) is 8.55. The van der Waals surface area contributed by atoms with Gasteiger partial charge in [-0.1, -0.05) is 12.1 Å². The summed E-state index contributed by atoms with van der Waals surface area (Å²) >= 11 is 0. The molecule has 0 unspecified atom stereocenters. The number of benzene rings is 1.